The van der Waals surface area contributed by atoms with Crippen molar-refractivity contribution in [2.75, 3.05) is 6.61 Å². The van der Waals surface area contributed by atoms with Crippen LogP contribution >= 0.6 is 11.6 Å². The molecule has 94 valence electrons. The number of hydrogen-bond acceptors (Lipinski definition) is 3. The molecule has 18 heavy (non-hydrogen) atoms. The Morgan fingerprint density at radius 3 is 2.78 bits per heavy atom. The molecule has 5 heteroatoms. The fourth-order valence-electron chi connectivity index (χ4n) is 1.80. The topological polar surface area (TPSA) is 59.2 Å². The normalized spacial score (nSPS) is 10.6. The van der Waals surface area contributed by atoms with E-state index in [1.165, 1.54) is 6.07 Å². The van der Waals surface area contributed by atoms with Crippen LogP contribution in [-0.2, 0) is 4.74 Å². The molecule has 0 amide bonds. The van der Waals surface area contributed by atoms with Gasteiger partial charge in [0.05, 0.1) is 12.1 Å². The molecule has 4 nitrogen and oxygen atoms in total. The van der Waals surface area contributed by atoms with Gasteiger partial charge in [0.1, 0.15) is 5.69 Å². The molecule has 0 spiro atoms. The molecule has 0 atom stereocenters. The van der Waals surface area contributed by atoms with E-state index < -0.39 is 5.97 Å². The van der Waals surface area contributed by atoms with Gasteiger partial charge in [-0.3, -0.25) is 4.79 Å². The van der Waals surface area contributed by atoms with E-state index in [1.54, 1.807) is 19.1 Å². The number of aryl methyl sites for hydroxylation is 1. The number of nitrogens with one attached hydrogen (secondary N) is 1. The first-order chi connectivity index (χ1) is 8.52. The predicted molar refractivity (Wildman–Crippen MR) is 70.3 cm³/mol. The number of carbonyl (C=O) groups excluding carboxylic acids is 1. The molecule has 1 N–H and O–H groups in total. The van der Waals surface area contributed by atoms with E-state index >= 15 is 0 Å². The molecule has 0 aliphatic heterocycles. The summed E-state index contributed by atoms with van der Waals surface area (Å²) in [6, 6.07) is 4.54. The number of carbonyl (C=O) groups is 1. The fourth-order valence-corrected chi connectivity index (χ4v) is 2.07. The van der Waals surface area contributed by atoms with Crippen LogP contribution < -0.4 is 5.43 Å². The molecule has 2 rings (SSSR count). The van der Waals surface area contributed by atoms with Gasteiger partial charge in [-0.05, 0) is 31.5 Å². The highest BCUT2D eigenvalue weighted by Gasteiger charge is 2.12. The molecule has 0 aliphatic carbocycles. The molecule has 0 saturated heterocycles. The Bertz CT molecular complexity index is 676. The number of H-pyrrole nitrogens is 1. The second-order valence-corrected chi connectivity index (χ2v) is 4.35. The second-order valence-electron chi connectivity index (χ2n) is 3.91. The summed E-state index contributed by atoms with van der Waals surface area (Å²) in [5, 5.41) is 0.961. The van der Waals surface area contributed by atoms with Crippen molar-refractivity contribution in [1.29, 1.82) is 0 Å². The highest BCUT2D eigenvalue weighted by Crippen LogP contribution is 2.20. The van der Waals surface area contributed by atoms with Gasteiger partial charge in [0.2, 0.25) is 0 Å². The number of aromatic nitrogens is 1. The van der Waals surface area contributed by atoms with Crippen molar-refractivity contribution in [3.05, 3.63) is 44.7 Å². The largest absolute Gasteiger partial charge is 0.461 e. The summed E-state index contributed by atoms with van der Waals surface area (Å²) in [5.41, 5.74) is 1.31. The molecule has 0 radical (unpaired) electrons. The molecular formula is C13H12ClNO3. The maximum absolute atomic E-state index is 11.9. The van der Waals surface area contributed by atoms with Crippen molar-refractivity contribution in [3.8, 4) is 0 Å². The van der Waals surface area contributed by atoms with E-state index in [-0.39, 0.29) is 17.7 Å². The highest BCUT2D eigenvalue weighted by molar-refractivity contribution is 6.31. The zero-order valence-corrected chi connectivity index (χ0v) is 10.8. The van der Waals surface area contributed by atoms with Gasteiger partial charge in [-0.1, -0.05) is 11.6 Å². The average molecular weight is 266 g/mol. The number of ether oxygens (including phenoxy) is 1. The van der Waals surface area contributed by atoms with Crippen LogP contribution in [0.2, 0.25) is 5.02 Å². The third kappa shape index (κ3) is 2.24. The van der Waals surface area contributed by atoms with Gasteiger partial charge >= 0.3 is 5.97 Å². The van der Waals surface area contributed by atoms with E-state index in [2.05, 4.69) is 4.98 Å². The number of rotatable bonds is 2. The first-order valence-corrected chi connectivity index (χ1v) is 5.91. The molecular weight excluding hydrogens is 254 g/mol. The second kappa shape index (κ2) is 4.82. The molecule has 1 aromatic heterocycles. The first kappa shape index (κ1) is 12.6. The van der Waals surface area contributed by atoms with Gasteiger partial charge in [-0.15, -0.1) is 0 Å². The summed E-state index contributed by atoms with van der Waals surface area (Å²) >= 11 is 5.90. The minimum absolute atomic E-state index is 0.153. The van der Waals surface area contributed by atoms with Crippen molar-refractivity contribution in [2.24, 2.45) is 0 Å². The SMILES string of the molecule is CCOC(=O)c1cc(=O)c2cc(Cl)cc(C)c2[nH]1. The van der Waals surface area contributed by atoms with Crippen LogP contribution in [0.3, 0.4) is 0 Å². The Morgan fingerprint density at radius 2 is 2.11 bits per heavy atom. The minimum atomic E-state index is -0.536. The summed E-state index contributed by atoms with van der Waals surface area (Å²) in [4.78, 5) is 26.4. The van der Waals surface area contributed by atoms with Crippen molar-refractivity contribution < 1.29 is 9.53 Å². The number of hydrogen-bond donors (Lipinski definition) is 1. The molecule has 1 heterocycles. The summed E-state index contributed by atoms with van der Waals surface area (Å²) in [6.45, 7) is 3.79. The average Bonchev–Trinajstić information content (AvgIpc) is 2.30. The summed E-state index contributed by atoms with van der Waals surface area (Å²) in [5.74, 6) is -0.536. The Balaban J connectivity index is 2.69. The molecule has 2 aromatic rings. The van der Waals surface area contributed by atoms with Crippen molar-refractivity contribution >= 4 is 28.5 Å². The van der Waals surface area contributed by atoms with E-state index in [0.29, 0.717) is 15.9 Å². The fraction of sp³-hybridized carbons (Fsp3) is 0.231. The Labute approximate surface area is 109 Å². The zero-order chi connectivity index (χ0) is 13.3. The van der Waals surface area contributed by atoms with E-state index in [1.807, 2.05) is 6.92 Å². The van der Waals surface area contributed by atoms with Crippen LogP contribution in [0.25, 0.3) is 10.9 Å². The maximum Gasteiger partial charge on any atom is 0.354 e. The standard InChI is InChI=1S/C13H12ClNO3/c1-3-18-13(17)10-6-11(16)9-5-8(14)4-7(2)12(9)15-10/h4-6H,3H2,1-2H3,(H,15,16). The summed E-state index contributed by atoms with van der Waals surface area (Å²) < 4.78 is 4.86. The highest BCUT2D eigenvalue weighted by atomic mass is 35.5. The maximum atomic E-state index is 11.9. The Kier molecular flexibility index (Phi) is 3.39. The van der Waals surface area contributed by atoms with Gasteiger partial charge in [-0.2, -0.15) is 0 Å². The number of benzene rings is 1. The van der Waals surface area contributed by atoms with Gasteiger partial charge in [0, 0.05) is 16.5 Å². The van der Waals surface area contributed by atoms with Gasteiger partial charge in [0.25, 0.3) is 0 Å². The van der Waals surface area contributed by atoms with Gasteiger partial charge in [0.15, 0.2) is 5.43 Å². The number of pyridine rings is 1. The lowest BCUT2D eigenvalue weighted by Crippen LogP contribution is -2.13. The monoisotopic (exact) mass is 265 g/mol. The smallest absolute Gasteiger partial charge is 0.354 e. The number of halogens is 1. The first-order valence-electron chi connectivity index (χ1n) is 5.53. The summed E-state index contributed by atoms with van der Waals surface area (Å²) in [7, 11) is 0. The van der Waals surface area contributed by atoms with Gasteiger partial charge < -0.3 is 9.72 Å². The lowest BCUT2D eigenvalue weighted by atomic mass is 10.1. The van der Waals surface area contributed by atoms with Crippen molar-refractivity contribution in [3.63, 3.8) is 0 Å². The Hall–Kier alpha value is -1.81. The van der Waals surface area contributed by atoms with Gasteiger partial charge in [-0.25, -0.2) is 4.79 Å². The third-order valence-electron chi connectivity index (χ3n) is 2.60. The molecule has 0 fully saturated rings. The predicted octanol–water partition coefficient (Wildman–Crippen LogP) is 2.67. The minimum Gasteiger partial charge on any atom is -0.461 e. The zero-order valence-electron chi connectivity index (χ0n) is 10.0. The molecule has 0 saturated carbocycles. The van der Waals surface area contributed by atoms with Crippen LogP contribution in [0.5, 0.6) is 0 Å². The lowest BCUT2D eigenvalue weighted by molar-refractivity contribution is 0.0520. The van der Waals surface area contributed by atoms with E-state index in [9.17, 15) is 9.59 Å². The number of esters is 1. The van der Waals surface area contributed by atoms with E-state index in [0.717, 1.165) is 5.56 Å². The van der Waals surface area contributed by atoms with Crippen molar-refractivity contribution in [1.82, 2.24) is 4.98 Å². The Morgan fingerprint density at radius 1 is 1.39 bits per heavy atom. The van der Waals surface area contributed by atoms with Crippen LogP contribution in [0.15, 0.2) is 23.0 Å². The van der Waals surface area contributed by atoms with Crippen LogP contribution in [0, 0.1) is 6.92 Å². The number of aromatic amines is 1. The third-order valence-corrected chi connectivity index (χ3v) is 2.81. The molecule has 0 unspecified atom stereocenters. The lowest BCUT2D eigenvalue weighted by Gasteiger charge is -2.06. The van der Waals surface area contributed by atoms with Crippen LogP contribution in [-0.4, -0.2) is 17.6 Å². The van der Waals surface area contributed by atoms with Crippen LogP contribution in [0.1, 0.15) is 23.0 Å². The van der Waals surface area contributed by atoms with Crippen LogP contribution in [0.4, 0.5) is 0 Å². The molecule has 0 aliphatic rings. The molecule has 0 bridgehead atoms. The molecule has 1 aromatic carbocycles. The van der Waals surface area contributed by atoms with Crippen molar-refractivity contribution in [2.45, 2.75) is 13.8 Å². The quantitative estimate of drug-likeness (QED) is 0.850. The number of fused-ring (bicyclic) bond motifs is 1. The summed E-state index contributed by atoms with van der Waals surface area (Å²) in [6.07, 6.45) is 0. The van der Waals surface area contributed by atoms with E-state index in [4.69, 9.17) is 16.3 Å².